The normalized spacial score (nSPS) is 13.7. The Labute approximate surface area is 187 Å². The van der Waals surface area contributed by atoms with E-state index in [-0.39, 0.29) is 17.0 Å². The summed E-state index contributed by atoms with van der Waals surface area (Å²) >= 11 is 5.97. The Kier molecular flexibility index (Phi) is 5.92. The number of para-hydroxylation sites is 2. The van der Waals surface area contributed by atoms with Gasteiger partial charge in [0.2, 0.25) is 0 Å². The molecule has 0 unspecified atom stereocenters. The van der Waals surface area contributed by atoms with Gasteiger partial charge < -0.3 is 10.1 Å². The van der Waals surface area contributed by atoms with E-state index in [2.05, 4.69) is 5.32 Å². The topological polar surface area (TPSA) is 58.6 Å². The zero-order valence-corrected chi connectivity index (χ0v) is 17.6. The Hall–Kier alpha value is -3.71. The van der Waals surface area contributed by atoms with Gasteiger partial charge in [-0.05, 0) is 48.9 Å². The first kappa shape index (κ1) is 21.5. The Morgan fingerprint density at radius 1 is 0.969 bits per heavy atom. The molecular formula is C24H17ClF2N2O3. The SMILES string of the molecule is CCOc1ccccc1NC1=C(c2ccc(Cl)cc2)C(=O)N(c2ccc(F)cc2F)C1=O. The highest BCUT2D eigenvalue weighted by molar-refractivity contribution is 6.46. The quantitative estimate of drug-likeness (QED) is 0.506. The van der Waals surface area contributed by atoms with Gasteiger partial charge >= 0.3 is 0 Å². The predicted octanol–water partition coefficient (Wildman–Crippen LogP) is 5.41. The lowest BCUT2D eigenvalue weighted by atomic mass is 10.0. The number of carbonyl (C=O) groups is 2. The molecular weight excluding hydrogens is 438 g/mol. The van der Waals surface area contributed by atoms with Crippen molar-refractivity contribution in [2.45, 2.75) is 6.92 Å². The summed E-state index contributed by atoms with van der Waals surface area (Å²) in [5, 5.41) is 3.43. The molecule has 1 aliphatic heterocycles. The fourth-order valence-electron chi connectivity index (χ4n) is 3.40. The maximum absolute atomic E-state index is 14.5. The van der Waals surface area contributed by atoms with Crippen molar-refractivity contribution in [1.82, 2.24) is 0 Å². The largest absolute Gasteiger partial charge is 0.492 e. The first-order valence-electron chi connectivity index (χ1n) is 9.73. The molecule has 0 saturated heterocycles. The number of carbonyl (C=O) groups excluding carboxylic acids is 2. The summed E-state index contributed by atoms with van der Waals surface area (Å²) < 4.78 is 33.5. The highest BCUT2D eigenvalue weighted by Crippen LogP contribution is 2.36. The number of imide groups is 1. The molecule has 0 saturated carbocycles. The van der Waals surface area contributed by atoms with E-state index < -0.39 is 23.4 Å². The number of anilines is 2. The molecule has 1 N–H and O–H groups in total. The van der Waals surface area contributed by atoms with E-state index in [9.17, 15) is 18.4 Å². The monoisotopic (exact) mass is 454 g/mol. The third kappa shape index (κ3) is 3.94. The molecule has 8 heteroatoms. The number of nitrogens with one attached hydrogen (secondary N) is 1. The summed E-state index contributed by atoms with van der Waals surface area (Å²) in [6.07, 6.45) is 0. The van der Waals surface area contributed by atoms with Crippen LogP contribution in [-0.4, -0.2) is 18.4 Å². The van der Waals surface area contributed by atoms with Crippen molar-refractivity contribution in [3.05, 3.63) is 94.6 Å². The number of hydrogen-bond donors (Lipinski definition) is 1. The zero-order chi connectivity index (χ0) is 22.8. The van der Waals surface area contributed by atoms with E-state index in [1.165, 1.54) is 0 Å². The van der Waals surface area contributed by atoms with Gasteiger partial charge in [-0.2, -0.15) is 0 Å². The first-order chi connectivity index (χ1) is 15.4. The average molecular weight is 455 g/mol. The van der Waals surface area contributed by atoms with Crippen LogP contribution in [0.2, 0.25) is 5.02 Å². The summed E-state index contributed by atoms with van der Waals surface area (Å²) in [7, 11) is 0. The summed E-state index contributed by atoms with van der Waals surface area (Å²) in [4.78, 5) is 27.4. The average Bonchev–Trinajstić information content (AvgIpc) is 3.00. The molecule has 32 heavy (non-hydrogen) atoms. The van der Waals surface area contributed by atoms with Gasteiger partial charge in [0.15, 0.2) is 0 Å². The minimum absolute atomic E-state index is 0.0293. The second-order valence-electron chi connectivity index (χ2n) is 6.85. The van der Waals surface area contributed by atoms with Gasteiger partial charge in [-0.25, -0.2) is 13.7 Å². The molecule has 0 fully saturated rings. The molecule has 0 atom stereocenters. The minimum Gasteiger partial charge on any atom is -0.492 e. The van der Waals surface area contributed by atoms with Crippen LogP contribution in [0.15, 0.2) is 72.4 Å². The molecule has 3 aromatic carbocycles. The van der Waals surface area contributed by atoms with E-state index in [0.717, 1.165) is 12.1 Å². The van der Waals surface area contributed by atoms with Crippen LogP contribution in [0.25, 0.3) is 5.57 Å². The van der Waals surface area contributed by atoms with E-state index >= 15 is 0 Å². The number of amides is 2. The van der Waals surface area contributed by atoms with Crippen molar-refractivity contribution in [3.8, 4) is 5.75 Å². The summed E-state index contributed by atoms with van der Waals surface area (Å²) in [6.45, 7) is 2.21. The smallest absolute Gasteiger partial charge is 0.282 e. The summed E-state index contributed by atoms with van der Waals surface area (Å²) in [5.74, 6) is -2.90. The van der Waals surface area contributed by atoms with E-state index in [1.807, 2.05) is 6.92 Å². The van der Waals surface area contributed by atoms with Crippen LogP contribution in [-0.2, 0) is 9.59 Å². The Morgan fingerprint density at radius 2 is 1.69 bits per heavy atom. The van der Waals surface area contributed by atoms with Crippen LogP contribution >= 0.6 is 11.6 Å². The van der Waals surface area contributed by atoms with Crippen LogP contribution < -0.4 is 15.0 Å². The van der Waals surface area contributed by atoms with Crippen molar-refractivity contribution < 1.29 is 23.1 Å². The lowest BCUT2D eigenvalue weighted by molar-refractivity contribution is -0.120. The third-order valence-electron chi connectivity index (χ3n) is 4.81. The van der Waals surface area contributed by atoms with Crippen molar-refractivity contribution in [2.75, 3.05) is 16.8 Å². The lowest BCUT2D eigenvalue weighted by Gasteiger charge is -2.16. The molecule has 1 aliphatic rings. The van der Waals surface area contributed by atoms with Gasteiger partial charge in [-0.3, -0.25) is 9.59 Å². The molecule has 162 valence electrons. The number of nitrogens with zero attached hydrogens (tertiary/aromatic N) is 1. The zero-order valence-electron chi connectivity index (χ0n) is 16.9. The molecule has 0 bridgehead atoms. The number of benzene rings is 3. The second-order valence-corrected chi connectivity index (χ2v) is 7.29. The molecule has 0 radical (unpaired) electrons. The molecule has 2 amide bonds. The van der Waals surface area contributed by atoms with Gasteiger partial charge in [-0.1, -0.05) is 35.9 Å². The summed E-state index contributed by atoms with van der Waals surface area (Å²) in [5.41, 5.74) is 0.491. The Balaban J connectivity index is 1.84. The molecule has 0 spiro atoms. The van der Waals surface area contributed by atoms with Crippen LogP contribution in [0, 0.1) is 11.6 Å². The van der Waals surface area contributed by atoms with Gasteiger partial charge in [0.25, 0.3) is 11.8 Å². The van der Waals surface area contributed by atoms with Crippen molar-refractivity contribution in [2.24, 2.45) is 0 Å². The second kappa shape index (κ2) is 8.80. The molecule has 0 aliphatic carbocycles. The van der Waals surface area contributed by atoms with Crippen LogP contribution in [0.4, 0.5) is 20.2 Å². The minimum atomic E-state index is -1.03. The van der Waals surface area contributed by atoms with Gasteiger partial charge in [-0.15, -0.1) is 0 Å². The maximum Gasteiger partial charge on any atom is 0.282 e. The Bertz CT molecular complexity index is 1240. The molecule has 3 aromatic rings. The molecule has 0 aromatic heterocycles. The summed E-state index contributed by atoms with van der Waals surface area (Å²) in [6, 6.07) is 15.9. The van der Waals surface area contributed by atoms with Gasteiger partial charge in [0, 0.05) is 11.1 Å². The van der Waals surface area contributed by atoms with Crippen molar-refractivity contribution in [3.63, 3.8) is 0 Å². The maximum atomic E-state index is 14.5. The number of halogens is 3. The highest BCUT2D eigenvalue weighted by Gasteiger charge is 2.41. The van der Waals surface area contributed by atoms with E-state index in [1.54, 1.807) is 48.5 Å². The van der Waals surface area contributed by atoms with Gasteiger partial charge in [0.1, 0.15) is 23.1 Å². The Morgan fingerprint density at radius 3 is 2.38 bits per heavy atom. The number of ether oxygens (including phenoxy) is 1. The van der Waals surface area contributed by atoms with Crippen LogP contribution in [0.1, 0.15) is 12.5 Å². The van der Waals surface area contributed by atoms with Crippen molar-refractivity contribution >= 4 is 40.4 Å². The molecule has 5 nitrogen and oxygen atoms in total. The molecule has 1 heterocycles. The highest BCUT2D eigenvalue weighted by atomic mass is 35.5. The fraction of sp³-hybridized carbons (Fsp3) is 0.0833. The third-order valence-corrected chi connectivity index (χ3v) is 5.07. The fourth-order valence-corrected chi connectivity index (χ4v) is 3.52. The number of hydrogen-bond acceptors (Lipinski definition) is 4. The predicted molar refractivity (Wildman–Crippen MR) is 118 cm³/mol. The molecule has 4 rings (SSSR count). The number of rotatable bonds is 6. The first-order valence-corrected chi connectivity index (χ1v) is 10.1. The van der Waals surface area contributed by atoms with Gasteiger partial charge in [0.05, 0.1) is 23.6 Å². The van der Waals surface area contributed by atoms with Crippen LogP contribution in [0.5, 0.6) is 5.75 Å². The van der Waals surface area contributed by atoms with Crippen LogP contribution in [0.3, 0.4) is 0 Å². The van der Waals surface area contributed by atoms with E-state index in [0.29, 0.717) is 39.6 Å². The standard InChI is InChI=1S/C24H17ClF2N2O3/c1-2-32-20-6-4-3-5-18(20)28-22-21(14-7-9-15(25)10-8-14)23(30)29(24(22)31)19-12-11-16(26)13-17(19)27/h3-13,28H,2H2,1H3. The van der Waals surface area contributed by atoms with Crippen molar-refractivity contribution in [1.29, 1.82) is 0 Å². The lowest BCUT2D eigenvalue weighted by Crippen LogP contribution is -2.33. The van der Waals surface area contributed by atoms with E-state index in [4.69, 9.17) is 16.3 Å².